The second kappa shape index (κ2) is 7.04. The SMILES string of the molecule is CC.Cc1cnc(OC2CC(c3ccccc3)C2)nc1. The highest BCUT2D eigenvalue weighted by atomic mass is 16.5. The number of rotatable bonds is 3. The summed E-state index contributed by atoms with van der Waals surface area (Å²) in [6.07, 6.45) is 5.95. The largest absolute Gasteiger partial charge is 0.460 e. The summed E-state index contributed by atoms with van der Waals surface area (Å²) < 4.78 is 5.73. The third-order valence-corrected chi connectivity index (χ3v) is 3.40. The van der Waals surface area contributed by atoms with Crippen molar-refractivity contribution in [2.45, 2.75) is 45.6 Å². The molecule has 2 aromatic rings. The summed E-state index contributed by atoms with van der Waals surface area (Å²) in [4.78, 5) is 8.33. The van der Waals surface area contributed by atoms with Crippen molar-refractivity contribution < 1.29 is 4.74 Å². The molecule has 3 heteroatoms. The molecule has 1 aliphatic rings. The van der Waals surface area contributed by atoms with Crippen molar-refractivity contribution in [2.24, 2.45) is 0 Å². The highest BCUT2D eigenvalue weighted by Crippen LogP contribution is 2.38. The first-order valence-electron chi connectivity index (χ1n) is 7.31. The lowest BCUT2D eigenvalue weighted by Crippen LogP contribution is -2.32. The van der Waals surface area contributed by atoms with Crippen LogP contribution < -0.4 is 4.74 Å². The minimum absolute atomic E-state index is 0.262. The molecule has 0 radical (unpaired) electrons. The van der Waals surface area contributed by atoms with Crippen molar-refractivity contribution in [1.29, 1.82) is 0 Å². The highest BCUT2D eigenvalue weighted by molar-refractivity contribution is 5.22. The summed E-state index contributed by atoms with van der Waals surface area (Å²) in [6, 6.07) is 11.1. The van der Waals surface area contributed by atoms with Gasteiger partial charge >= 0.3 is 6.01 Å². The van der Waals surface area contributed by atoms with E-state index in [9.17, 15) is 0 Å². The fourth-order valence-corrected chi connectivity index (χ4v) is 2.25. The van der Waals surface area contributed by atoms with E-state index in [1.54, 1.807) is 12.4 Å². The molecule has 0 unspecified atom stereocenters. The predicted octanol–water partition coefficient (Wildman–Crippen LogP) is 4.14. The monoisotopic (exact) mass is 270 g/mol. The number of benzene rings is 1. The van der Waals surface area contributed by atoms with Crippen LogP contribution in [0.1, 0.15) is 43.7 Å². The average Bonchev–Trinajstić information content (AvgIpc) is 2.47. The van der Waals surface area contributed by atoms with Gasteiger partial charge in [-0.25, -0.2) is 9.97 Å². The van der Waals surface area contributed by atoms with Crippen molar-refractivity contribution in [1.82, 2.24) is 9.97 Å². The minimum atomic E-state index is 0.262. The first-order chi connectivity index (χ1) is 9.81. The zero-order valence-electron chi connectivity index (χ0n) is 12.4. The maximum atomic E-state index is 5.73. The fourth-order valence-electron chi connectivity index (χ4n) is 2.25. The van der Waals surface area contributed by atoms with Gasteiger partial charge in [0.05, 0.1) is 0 Å². The Morgan fingerprint density at radius 2 is 1.60 bits per heavy atom. The lowest BCUT2D eigenvalue weighted by molar-refractivity contribution is 0.0881. The van der Waals surface area contributed by atoms with Gasteiger partial charge < -0.3 is 4.74 Å². The van der Waals surface area contributed by atoms with Crippen LogP contribution in [-0.4, -0.2) is 16.1 Å². The number of hydrogen-bond acceptors (Lipinski definition) is 3. The van der Waals surface area contributed by atoms with Crippen LogP contribution in [0.25, 0.3) is 0 Å². The number of aryl methyl sites for hydroxylation is 1. The van der Waals surface area contributed by atoms with Crippen molar-refractivity contribution >= 4 is 0 Å². The van der Waals surface area contributed by atoms with Gasteiger partial charge in [-0.1, -0.05) is 44.2 Å². The van der Waals surface area contributed by atoms with E-state index >= 15 is 0 Å². The molecule has 1 aliphatic carbocycles. The van der Waals surface area contributed by atoms with Crippen LogP contribution in [0.3, 0.4) is 0 Å². The Kier molecular flexibility index (Phi) is 5.10. The molecule has 0 N–H and O–H groups in total. The van der Waals surface area contributed by atoms with Crippen LogP contribution >= 0.6 is 0 Å². The summed E-state index contributed by atoms with van der Waals surface area (Å²) in [5, 5.41) is 0. The maximum absolute atomic E-state index is 5.73. The van der Waals surface area contributed by atoms with Crippen LogP contribution in [0, 0.1) is 6.92 Å². The molecule has 106 valence electrons. The normalized spacial score (nSPS) is 20.4. The molecule has 0 bridgehead atoms. The molecule has 0 spiro atoms. The molecule has 1 aromatic heterocycles. The number of hydrogen-bond donors (Lipinski definition) is 0. The second-order valence-corrected chi connectivity index (χ2v) is 4.86. The van der Waals surface area contributed by atoms with Crippen molar-refractivity contribution in [3.05, 3.63) is 53.9 Å². The molecule has 20 heavy (non-hydrogen) atoms. The summed E-state index contributed by atoms with van der Waals surface area (Å²) in [5.74, 6) is 0.627. The fraction of sp³-hybridized carbons (Fsp3) is 0.412. The Labute approximate surface area is 121 Å². The van der Waals surface area contributed by atoms with E-state index in [1.807, 2.05) is 20.8 Å². The number of ether oxygens (including phenoxy) is 1. The zero-order chi connectivity index (χ0) is 14.4. The molecule has 0 amide bonds. The molecule has 0 atom stereocenters. The van der Waals surface area contributed by atoms with E-state index in [-0.39, 0.29) is 6.10 Å². The molecule has 1 aromatic carbocycles. The number of aromatic nitrogens is 2. The Morgan fingerprint density at radius 1 is 1.00 bits per heavy atom. The van der Waals surface area contributed by atoms with Crippen LogP contribution in [0.15, 0.2) is 42.7 Å². The van der Waals surface area contributed by atoms with Gasteiger partial charge in [0, 0.05) is 12.4 Å². The first-order valence-corrected chi connectivity index (χ1v) is 7.31. The standard InChI is InChI=1S/C15H16N2O.C2H6/c1-11-9-16-15(17-10-11)18-14-7-13(8-14)12-5-3-2-4-6-12;1-2/h2-6,9-10,13-14H,7-8H2,1H3;1-2H3. The molecular formula is C17H22N2O. The minimum Gasteiger partial charge on any atom is -0.460 e. The molecular weight excluding hydrogens is 248 g/mol. The van der Waals surface area contributed by atoms with Gasteiger partial charge in [0.15, 0.2) is 0 Å². The first kappa shape index (κ1) is 14.5. The van der Waals surface area contributed by atoms with E-state index in [1.165, 1.54) is 5.56 Å². The molecule has 1 heterocycles. The van der Waals surface area contributed by atoms with Gasteiger partial charge in [-0.3, -0.25) is 0 Å². The molecule has 0 aliphatic heterocycles. The van der Waals surface area contributed by atoms with Gasteiger partial charge in [-0.15, -0.1) is 0 Å². The molecule has 1 fully saturated rings. The molecule has 1 saturated carbocycles. The van der Waals surface area contributed by atoms with Crippen LogP contribution in [0.2, 0.25) is 0 Å². The van der Waals surface area contributed by atoms with Gasteiger partial charge in [-0.2, -0.15) is 0 Å². The topological polar surface area (TPSA) is 35.0 Å². The quantitative estimate of drug-likeness (QED) is 0.841. The van der Waals surface area contributed by atoms with Crippen LogP contribution in [-0.2, 0) is 0 Å². The molecule has 0 saturated heterocycles. The third-order valence-electron chi connectivity index (χ3n) is 3.40. The van der Waals surface area contributed by atoms with Crippen LogP contribution in [0.4, 0.5) is 0 Å². The molecule has 3 rings (SSSR count). The lowest BCUT2D eigenvalue weighted by Gasteiger charge is -2.34. The van der Waals surface area contributed by atoms with Gasteiger partial charge in [0.2, 0.25) is 0 Å². The summed E-state index contributed by atoms with van der Waals surface area (Å²) in [7, 11) is 0. The van der Waals surface area contributed by atoms with E-state index < -0.39 is 0 Å². The maximum Gasteiger partial charge on any atom is 0.316 e. The lowest BCUT2D eigenvalue weighted by atomic mass is 9.77. The van der Waals surface area contributed by atoms with E-state index in [4.69, 9.17) is 4.74 Å². The summed E-state index contributed by atoms with van der Waals surface area (Å²) in [6.45, 7) is 5.97. The van der Waals surface area contributed by atoms with E-state index in [0.717, 1.165) is 18.4 Å². The third kappa shape index (κ3) is 3.56. The van der Waals surface area contributed by atoms with Gasteiger partial charge in [0.1, 0.15) is 6.10 Å². The Balaban J connectivity index is 0.000000704. The van der Waals surface area contributed by atoms with E-state index in [2.05, 4.69) is 40.3 Å². The predicted molar refractivity (Wildman–Crippen MR) is 81.0 cm³/mol. The summed E-state index contributed by atoms with van der Waals surface area (Å²) in [5.41, 5.74) is 2.46. The van der Waals surface area contributed by atoms with Gasteiger partial charge in [-0.05, 0) is 36.8 Å². The van der Waals surface area contributed by atoms with Crippen molar-refractivity contribution in [3.63, 3.8) is 0 Å². The highest BCUT2D eigenvalue weighted by Gasteiger charge is 2.32. The van der Waals surface area contributed by atoms with Crippen molar-refractivity contribution in [3.8, 4) is 6.01 Å². The zero-order valence-corrected chi connectivity index (χ0v) is 12.4. The summed E-state index contributed by atoms with van der Waals surface area (Å²) >= 11 is 0. The molecule has 3 nitrogen and oxygen atoms in total. The van der Waals surface area contributed by atoms with Crippen molar-refractivity contribution in [2.75, 3.05) is 0 Å². The van der Waals surface area contributed by atoms with E-state index in [0.29, 0.717) is 11.9 Å². The number of nitrogens with zero attached hydrogens (tertiary/aromatic N) is 2. The average molecular weight is 270 g/mol. The Bertz CT molecular complexity index is 504. The van der Waals surface area contributed by atoms with Gasteiger partial charge in [0.25, 0.3) is 0 Å². The Morgan fingerprint density at radius 3 is 2.20 bits per heavy atom. The Hall–Kier alpha value is -1.90. The second-order valence-electron chi connectivity index (χ2n) is 4.86. The smallest absolute Gasteiger partial charge is 0.316 e. The van der Waals surface area contributed by atoms with Crippen LogP contribution in [0.5, 0.6) is 6.01 Å².